The van der Waals surface area contributed by atoms with Crippen LogP contribution in [0.1, 0.15) is 55.0 Å². The van der Waals surface area contributed by atoms with Gasteiger partial charge in [0.2, 0.25) is 0 Å². The van der Waals surface area contributed by atoms with Gasteiger partial charge in [-0.1, -0.05) is 18.7 Å². The average Bonchev–Trinajstić information content (AvgIpc) is 2.37. The number of Topliss-reactive ketones (excluding diaryl/α,β-unsaturated/α-hetero) is 1. The molecular weight excluding hydrogens is 260 g/mol. The zero-order chi connectivity index (χ0) is 16.0. The smallest absolute Gasteiger partial charge is 0.162 e. The van der Waals surface area contributed by atoms with Crippen LogP contribution in [0, 0.1) is 6.92 Å². The first-order valence-electron chi connectivity index (χ1n) is 6.88. The Kier molecular flexibility index (Phi) is 5.97. The van der Waals surface area contributed by atoms with Gasteiger partial charge in [0, 0.05) is 23.7 Å². The lowest BCUT2D eigenvalue weighted by atomic mass is 10.00. The lowest BCUT2D eigenvalue weighted by molar-refractivity contribution is 0.101. The molecule has 1 rings (SSSR count). The van der Waals surface area contributed by atoms with Crippen molar-refractivity contribution in [2.75, 3.05) is 0 Å². The van der Waals surface area contributed by atoms with Gasteiger partial charge in [-0.15, -0.1) is 0 Å². The van der Waals surface area contributed by atoms with E-state index in [-0.39, 0.29) is 5.78 Å². The van der Waals surface area contributed by atoms with Crippen LogP contribution in [0.3, 0.4) is 0 Å². The summed E-state index contributed by atoms with van der Waals surface area (Å²) in [5.41, 5.74) is 4.97. The maximum Gasteiger partial charge on any atom is 0.162 e. The Balaban J connectivity index is 3.33. The van der Waals surface area contributed by atoms with Crippen LogP contribution in [0.4, 0.5) is 0 Å². The van der Waals surface area contributed by atoms with Gasteiger partial charge in [-0.25, -0.2) is 0 Å². The highest BCUT2D eigenvalue weighted by Crippen LogP contribution is 2.21. The number of carbonyl (C=O) groups is 1. The van der Waals surface area contributed by atoms with Crippen LogP contribution in [0.5, 0.6) is 0 Å². The molecule has 0 atom stereocenters. The number of aliphatic imine (C=N–C) groups is 1. The third kappa shape index (κ3) is 4.63. The van der Waals surface area contributed by atoms with Gasteiger partial charge in [-0.05, 0) is 57.4 Å². The first-order chi connectivity index (χ1) is 9.86. The van der Waals surface area contributed by atoms with E-state index < -0.39 is 0 Å². The van der Waals surface area contributed by atoms with Crippen molar-refractivity contribution in [1.29, 1.82) is 0 Å². The Morgan fingerprint density at radius 3 is 2.52 bits per heavy atom. The largest absolute Gasteiger partial charge is 0.294 e. The van der Waals surface area contributed by atoms with Crippen molar-refractivity contribution in [1.82, 2.24) is 4.98 Å². The van der Waals surface area contributed by atoms with Crippen molar-refractivity contribution in [3.63, 3.8) is 0 Å². The molecule has 0 aliphatic rings. The Bertz CT molecular complexity index is 649. The third-order valence-corrected chi connectivity index (χ3v) is 2.90. The second-order valence-corrected chi connectivity index (χ2v) is 5.05. The minimum Gasteiger partial charge on any atom is -0.294 e. The van der Waals surface area contributed by atoms with E-state index in [1.807, 2.05) is 45.9 Å². The molecule has 1 heterocycles. The molecule has 0 fully saturated rings. The number of rotatable bonds is 5. The minimum absolute atomic E-state index is 0.0292. The Morgan fingerprint density at radius 2 is 2.00 bits per heavy atom. The first kappa shape index (κ1) is 16.8. The number of hydrogen-bond donors (Lipinski definition) is 0. The Hall–Kier alpha value is -2.29. The molecule has 0 saturated carbocycles. The molecule has 0 spiro atoms. The number of ketones is 1. The highest BCUT2D eigenvalue weighted by atomic mass is 16.1. The van der Waals surface area contributed by atoms with Gasteiger partial charge in [0.1, 0.15) is 0 Å². The van der Waals surface area contributed by atoms with Gasteiger partial charge in [0.15, 0.2) is 5.78 Å². The predicted octanol–water partition coefficient (Wildman–Crippen LogP) is 4.63. The maximum absolute atomic E-state index is 11.8. The molecule has 3 heteroatoms. The number of hydrogen-bond acceptors (Lipinski definition) is 3. The molecule has 0 N–H and O–H groups in total. The van der Waals surface area contributed by atoms with Gasteiger partial charge < -0.3 is 0 Å². The van der Waals surface area contributed by atoms with Crippen molar-refractivity contribution in [2.24, 2.45) is 4.99 Å². The zero-order valence-corrected chi connectivity index (χ0v) is 13.4. The second kappa shape index (κ2) is 7.48. The zero-order valence-electron chi connectivity index (χ0n) is 13.4. The van der Waals surface area contributed by atoms with E-state index in [1.54, 1.807) is 19.3 Å². The Labute approximate surface area is 126 Å². The van der Waals surface area contributed by atoms with Gasteiger partial charge >= 0.3 is 0 Å². The Morgan fingerprint density at radius 1 is 1.33 bits per heavy atom. The number of allylic oxidation sites excluding steroid dienone is 3. The summed E-state index contributed by atoms with van der Waals surface area (Å²) in [6, 6.07) is 1.92. The minimum atomic E-state index is 0.0292. The highest BCUT2D eigenvalue weighted by Gasteiger charge is 2.12. The van der Waals surface area contributed by atoms with Gasteiger partial charge in [-0.2, -0.15) is 0 Å². The van der Waals surface area contributed by atoms with E-state index in [0.29, 0.717) is 5.56 Å². The molecule has 0 aliphatic heterocycles. The summed E-state index contributed by atoms with van der Waals surface area (Å²) in [5, 5.41) is 0. The van der Waals surface area contributed by atoms with Gasteiger partial charge in [-0.3, -0.25) is 14.8 Å². The maximum atomic E-state index is 11.8. The number of aromatic nitrogens is 1. The fraction of sp³-hybridized carbons (Fsp3) is 0.278. The van der Waals surface area contributed by atoms with Crippen LogP contribution >= 0.6 is 0 Å². The SMILES string of the molecule is C=C(C)C=N/C=C(\C)c1cc(/C=C\C)c(C(C)=O)c(C)n1. The van der Waals surface area contributed by atoms with E-state index in [4.69, 9.17) is 0 Å². The number of nitrogens with zero attached hydrogens (tertiary/aromatic N) is 2. The molecule has 21 heavy (non-hydrogen) atoms. The molecule has 0 aromatic carbocycles. The summed E-state index contributed by atoms with van der Waals surface area (Å²) >= 11 is 0. The molecule has 0 amide bonds. The van der Waals surface area contributed by atoms with Crippen LogP contribution in [0.2, 0.25) is 0 Å². The summed E-state index contributed by atoms with van der Waals surface area (Å²) in [5.74, 6) is 0.0292. The van der Waals surface area contributed by atoms with Crippen LogP contribution in [-0.4, -0.2) is 17.0 Å². The first-order valence-corrected chi connectivity index (χ1v) is 6.88. The predicted molar refractivity (Wildman–Crippen MR) is 90.6 cm³/mol. The number of pyridine rings is 1. The normalized spacial score (nSPS) is 12.3. The monoisotopic (exact) mass is 282 g/mol. The fourth-order valence-corrected chi connectivity index (χ4v) is 2.01. The molecule has 0 radical (unpaired) electrons. The third-order valence-electron chi connectivity index (χ3n) is 2.90. The van der Waals surface area contributed by atoms with Crippen molar-refractivity contribution in [2.45, 2.75) is 34.6 Å². The molecule has 1 aromatic rings. The summed E-state index contributed by atoms with van der Waals surface area (Å²) in [6.45, 7) is 13.0. The molecular formula is C18H22N2O. The molecule has 1 aromatic heterocycles. The lowest BCUT2D eigenvalue weighted by Crippen LogP contribution is -2.04. The fourth-order valence-electron chi connectivity index (χ4n) is 2.01. The second-order valence-electron chi connectivity index (χ2n) is 5.05. The molecule has 0 unspecified atom stereocenters. The van der Waals surface area contributed by atoms with Gasteiger partial charge in [0.05, 0.1) is 5.69 Å². The molecule has 0 bridgehead atoms. The number of aryl methyl sites for hydroxylation is 1. The van der Waals surface area contributed by atoms with Crippen LogP contribution in [-0.2, 0) is 0 Å². The van der Waals surface area contributed by atoms with Crippen molar-refractivity contribution in [3.05, 3.63) is 53.0 Å². The van der Waals surface area contributed by atoms with E-state index in [9.17, 15) is 4.79 Å². The molecule has 0 aliphatic carbocycles. The highest BCUT2D eigenvalue weighted by molar-refractivity contribution is 5.99. The van der Waals surface area contributed by atoms with E-state index in [1.165, 1.54) is 0 Å². The van der Waals surface area contributed by atoms with Crippen molar-refractivity contribution in [3.8, 4) is 0 Å². The van der Waals surface area contributed by atoms with E-state index >= 15 is 0 Å². The molecule has 3 nitrogen and oxygen atoms in total. The van der Waals surface area contributed by atoms with Crippen LogP contribution < -0.4 is 0 Å². The average molecular weight is 282 g/mol. The van der Waals surface area contributed by atoms with Crippen LogP contribution in [0.25, 0.3) is 11.6 Å². The summed E-state index contributed by atoms with van der Waals surface area (Å²) in [6.07, 6.45) is 7.30. The van der Waals surface area contributed by atoms with E-state index in [0.717, 1.165) is 28.1 Å². The van der Waals surface area contributed by atoms with Crippen LogP contribution in [0.15, 0.2) is 35.5 Å². The number of carbonyl (C=O) groups excluding carboxylic acids is 1. The molecule has 0 saturated heterocycles. The van der Waals surface area contributed by atoms with Crippen molar-refractivity contribution < 1.29 is 4.79 Å². The summed E-state index contributed by atoms with van der Waals surface area (Å²) < 4.78 is 0. The van der Waals surface area contributed by atoms with Gasteiger partial charge in [0.25, 0.3) is 0 Å². The van der Waals surface area contributed by atoms with E-state index in [2.05, 4.69) is 16.6 Å². The standard InChI is InChI=1S/C18H22N2O/c1-7-8-16-9-17(13(4)11-19-10-12(2)3)20-14(5)18(16)15(6)21/h7-11H,2H2,1,3-6H3/b8-7-,13-11+,19-10?. The quantitative estimate of drug-likeness (QED) is 0.583. The van der Waals surface area contributed by atoms with Crippen molar-refractivity contribution >= 4 is 23.6 Å². The molecule has 110 valence electrons. The summed E-state index contributed by atoms with van der Waals surface area (Å²) in [4.78, 5) is 20.5. The summed E-state index contributed by atoms with van der Waals surface area (Å²) in [7, 11) is 0. The topological polar surface area (TPSA) is 42.3 Å². The lowest BCUT2D eigenvalue weighted by Gasteiger charge is -2.10.